The van der Waals surface area contributed by atoms with Gasteiger partial charge in [-0.05, 0) is 6.08 Å². The Hall–Kier alpha value is -1.23. The zero-order chi connectivity index (χ0) is 8.39. The molecule has 1 fully saturated rings. The number of rotatable bonds is 1. The zero-order valence-electron chi connectivity index (χ0n) is 6.20. The topological polar surface area (TPSA) is 57.8 Å². The lowest BCUT2D eigenvalue weighted by Crippen LogP contribution is -2.13. The first kappa shape index (κ1) is 7.42. The maximum Gasteiger partial charge on any atom is 0.235 e. The Kier molecular flexibility index (Phi) is 1.87. The largest absolute Gasteiger partial charge is 0.345 e. The van der Waals surface area contributed by atoms with Crippen LogP contribution in [-0.2, 0) is 4.79 Å². The predicted octanol–water partition coefficient (Wildman–Crippen LogP) is 0.571. The van der Waals surface area contributed by atoms with Crippen LogP contribution < -0.4 is 5.32 Å². The van der Waals surface area contributed by atoms with Gasteiger partial charge in [0.1, 0.15) is 0 Å². The normalized spacial score (nSPS) is 20.0. The Balaban J connectivity index is 2.15. The molecule has 1 aromatic heterocycles. The monoisotopic (exact) mass is 181 g/mol. The second kappa shape index (κ2) is 3.02. The molecular formula is C7H7N3OS. The second-order valence-electron chi connectivity index (χ2n) is 2.35. The average molecular weight is 181 g/mol. The number of hydrogen-bond donors (Lipinski definition) is 2. The van der Waals surface area contributed by atoms with E-state index in [0.717, 1.165) is 10.7 Å². The number of carbonyl (C=O) groups is 1. The standard InChI is InChI=1S/C7H7N3OS/c11-6-3-12-7(10-6)1-5-2-8-4-9-5/h1-2,4H,3H2,(H,8,9)(H,10,11)/b7-1+. The summed E-state index contributed by atoms with van der Waals surface area (Å²) in [5, 5.41) is 3.61. The number of amides is 1. The van der Waals surface area contributed by atoms with E-state index in [1.807, 2.05) is 6.08 Å². The van der Waals surface area contributed by atoms with Gasteiger partial charge in [0, 0.05) is 0 Å². The third-order valence-electron chi connectivity index (χ3n) is 1.43. The molecule has 12 heavy (non-hydrogen) atoms. The molecule has 2 heterocycles. The van der Waals surface area contributed by atoms with Gasteiger partial charge in [-0.1, -0.05) is 11.8 Å². The Morgan fingerprint density at radius 1 is 1.67 bits per heavy atom. The molecule has 0 radical (unpaired) electrons. The highest BCUT2D eigenvalue weighted by Gasteiger charge is 2.14. The Morgan fingerprint density at radius 3 is 3.17 bits per heavy atom. The number of aromatic amines is 1. The maximum absolute atomic E-state index is 10.8. The highest BCUT2D eigenvalue weighted by molar-refractivity contribution is 8.04. The summed E-state index contributed by atoms with van der Waals surface area (Å²) in [4.78, 5) is 17.6. The Morgan fingerprint density at radius 2 is 2.58 bits per heavy atom. The van der Waals surface area contributed by atoms with E-state index in [9.17, 15) is 4.79 Å². The minimum Gasteiger partial charge on any atom is -0.345 e. The van der Waals surface area contributed by atoms with Crippen LogP contribution in [0.3, 0.4) is 0 Å². The van der Waals surface area contributed by atoms with Crippen LogP contribution in [0.1, 0.15) is 5.69 Å². The molecule has 1 aromatic rings. The first-order valence-corrected chi connectivity index (χ1v) is 4.46. The molecule has 4 nitrogen and oxygen atoms in total. The van der Waals surface area contributed by atoms with Crippen molar-refractivity contribution in [2.24, 2.45) is 0 Å². The molecule has 5 heteroatoms. The van der Waals surface area contributed by atoms with Gasteiger partial charge in [0.15, 0.2) is 0 Å². The molecule has 0 bridgehead atoms. The van der Waals surface area contributed by atoms with Crippen molar-refractivity contribution in [3.05, 3.63) is 23.2 Å². The number of nitrogens with one attached hydrogen (secondary N) is 2. The van der Waals surface area contributed by atoms with E-state index >= 15 is 0 Å². The van der Waals surface area contributed by atoms with Crippen molar-refractivity contribution in [1.29, 1.82) is 0 Å². The van der Waals surface area contributed by atoms with Gasteiger partial charge < -0.3 is 10.3 Å². The Bertz CT molecular complexity index is 317. The van der Waals surface area contributed by atoms with Gasteiger partial charge in [0.05, 0.1) is 29.0 Å². The molecule has 0 aromatic carbocycles. The molecule has 1 saturated heterocycles. The van der Waals surface area contributed by atoms with Crippen molar-refractivity contribution in [2.75, 3.05) is 5.75 Å². The van der Waals surface area contributed by atoms with Crippen LogP contribution >= 0.6 is 11.8 Å². The van der Waals surface area contributed by atoms with Gasteiger partial charge in [-0.25, -0.2) is 4.98 Å². The highest BCUT2D eigenvalue weighted by atomic mass is 32.2. The van der Waals surface area contributed by atoms with E-state index in [2.05, 4.69) is 15.3 Å². The zero-order valence-corrected chi connectivity index (χ0v) is 7.02. The van der Waals surface area contributed by atoms with Crippen molar-refractivity contribution < 1.29 is 4.79 Å². The summed E-state index contributed by atoms with van der Waals surface area (Å²) in [5.74, 6) is 0.575. The molecule has 2 rings (SSSR count). The summed E-state index contributed by atoms with van der Waals surface area (Å²) in [6.45, 7) is 0. The number of hydrogen-bond acceptors (Lipinski definition) is 3. The number of imidazole rings is 1. The molecule has 2 N–H and O–H groups in total. The van der Waals surface area contributed by atoms with Gasteiger partial charge in [0.2, 0.25) is 5.91 Å². The van der Waals surface area contributed by atoms with Crippen molar-refractivity contribution in [3.63, 3.8) is 0 Å². The molecule has 0 saturated carbocycles. The summed E-state index contributed by atoms with van der Waals surface area (Å²) in [6, 6.07) is 0. The summed E-state index contributed by atoms with van der Waals surface area (Å²) in [5.41, 5.74) is 0.903. The second-order valence-corrected chi connectivity index (χ2v) is 3.37. The lowest BCUT2D eigenvalue weighted by atomic mass is 10.4. The molecule has 1 aliphatic rings. The van der Waals surface area contributed by atoms with Gasteiger partial charge in [-0.2, -0.15) is 0 Å². The summed E-state index contributed by atoms with van der Waals surface area (Å²) < 4.78 is 0. The summed E-state index contributed by atoms with van der Waals surface area (Å²) in [7, 11) is 0. The number of aromatic nitrogens is 2. The van der Waals surface area contributed by atoms with E-state index in [-0.39, 0.29) is 5.91 Å². The maximum atomic E-state index is 10.8. The van der Waals surface area contributed by atoms with E-state index < -0.39 is 0 Å². The van der Waals surface area contributed by atoms with Crippen LogP contribution in [0.2, 0.25) is 0 Å². The molecule has 0 spiro atoms. The predicted molar refractivity (Wildman–Crippen MR) is 47.2 cm³/mol. The van der Waals surface area contributed by atoms with Gasteiger partial charge in [0.25, 0.3) is 0 Å². The fourth-order valence-corrected chi connectivity index (χ4v) is 1.67. The SMILES string of the molecule is O=C1CS/C(=C/c2cnc[nH]2)N1. The molecule has 1 aliphatic heterocycles. The van der Waals surface area contributed by atoms with Crippen LogP contribution in [0, 0.1) is 0 Å². The van der Waals surface area contributed by atoms with E-state index in [4.69, 9.17) is 0 Å². The minimum atomic E-state index is 0.0609. The third-order valence-corrected chi connectivity index (χ3v) is 2.36. The number of carbonyl (C=O) groups excluding carboxylic acids is 1. The average Bonchev–Trinajstić information content (AvgIpc) is 2.63. The van der Waals surface area contributed by atoms with Crippen molar-refractivity contribution in [2.45, 2.75) is 0 Å². The van der Waals surface area contributed by atoms with Crippen molar-refractivity contribution in [1.82, 2.24) is 15.3 Å². The van der Waals surface area contributed by atoms with Crippen LogP contribution in [-0.4, -0.2) is 21.6 Å². The Labute approximate surface area is 73.5 Å². The fraction of sp³-hybridized carbons (Fsp3) is 0.143. The molecule has 0 unspecified atom stereocenters. The van der Waals surface area contributed by atoms with Gasteiger partial charge in [-0.3, -0.25) is 4.79 Å². The molecule has 0 aliphatic carbocycles. The van der Waals surface area contributed by atoms with E-state index in [0.29, 0.717) is 5.75 Å². The molecular weight excluding hydrogens is 174 g/mol. The molecule has 0 atom stereocenters. The molecule has 1 amide bonds. The number of thioether (sulfide) groups is 1. The lowest BCUT2D eigenvalue weighted by molar-refractivity contribution is -0.117. The highest BCUT2D eigenvalue weighted by Crippen LogP contribution is 2.20. The quantitative estimate of drug-likeness (QED) is 0.666. The van der Waals surface area contributed by atoms with E-state index in [1.165, 1.54) is 11.8 Å². The summed E-state index contributed by atoms with van der Waals surface area (Å²) in [6.07, 6.45) is 5.18. The van der Waals surface area contributed by atoms with Crippen LogP contribution in [0.25, 0.3) is 6.08 Å². The number of nitrogens with zero attached hydrogens (tertiary/aromatic N) is 1. The van der Waals surface area contributed by atoms with Crippen molar-refractivity contribution in [3.8, 4) is 0 Å². The van der Waals surface area contributed by atoms with Gasteiger partial charge >= 0.3 is 0 Å². The first-order chi connectivity index (χ1) is 5.84. The minimum absolute atomic E-state index is 0.0609. The first-order valence-electron chi connectivity index (χ1n) is 3.47. The third kappa shape index (κ3) is 1.50. The van der Waals surface area contributed by atoms with Crippen LogP contribution in [0.4, 0.5) is 0 Å². The fourth-order valence-electron chi connectivity index (χ4n) is 0.917. The lowest BCUT2D eigenvalue weighted by Gasteiger charge is -1.92. The van der Waals surface area contributed by atoms with E-state index in [1.54, 1.807) is 12.5 Å². The van der Waals surface area contributed by atoms with Crippen LogP contribution in [0.15, 0.2) is 17.6 Å². The smallest absolute Gasteiger partial charge is 0.235 e. The summed E-state index contributed by atoms with van der Waals surface area (Å²) >= 11 is 1.50. The van der Waals surface area contributed by atoms with Crippen molar-refractivity contribution >= 4 is 23.7 Å². The van der Waals surface area contributed by atoms with Gasteiger partial charge in [-0.15, -0.1) is 0 Å². The molecule has 62 valence electrons. The number of H-pyrrole nitrogens is 1. The van der Waals surface area contributed by atoms with Crippen LogP contribution in [0.5, 0.6) is 0 Å².